The average Bonchev–Trinajstić information content (AvgIpc) is 3.42. The molecule has 142 valence electrons. The van der Waals surface area contributed by atoms with E-state index in [9.17, 15) is 0 Å². The van der Waals surface area contributed by atoms with E-state index >= 15 is 0 Å². The van der Waals surface area contributed by atoms with Gasteiger partial charge in [0.25, 0.3) is 0 Å². The van der Waals surface area contributed by atoms with Crippen LogP contribution in [-0.4, -0.2) is 36.4 Å². The summed E-state index contributed by atoms with van der Waals surface area (Å²) in [5.41, 5.74) is 6.31. The molecule has 0 aliphatic rings. The van der Waals surface area contributed by atoms with E-state index in [1.54, 1.807) is 29.5 Å². The van der Waals surface area contributed by atoms with Crippen molar-refractivity contribution in [1.29, 1.82) is 0 Å². The van der Waals surface area contributed by atoms with Gasteiger partial charge in [0.15, 0.2) is 5.58 Å². The number of aromatic nitrogens is 5. The molecule has 29 heavy (non-hydrogen) atoms. The highest BCUT2D eigenvalue weighted by Crippen LogP contribution is 2.33. The molecule has 5 aromatic rings. The van der Waals surface area contributed by atoms with Crippen LogP contribution in [0.5, 0.6) is 0 Å². The van der Waals surface area contributed by atoms with E-state index in [2.05, 4.69) is 20.1 Å². The lowest BCUT2D eigenvalue weighted by atomic mass is 10.1. The number of hydrogen-bond donors (Lipinski definition) is 1. The maximum Gasteiger partial charge on any atom is 0.161 e. The summed E-state index contributed by atoms with van der Waals surface area (Å²) in [7, 11) is 0. The summed E-state index contributed by atoms with van der Waals surface area (Å²) in [6, 6.07) is 11.9. The Hall–Kier alpha value is -3.84. The number of fused-ring (bicyclic) bond motifs is 1. The molecule has 0 radical (unpaired) electrons. The first-order chi connectivity index (χ1) is 14.3. The van der Waals surface area contributed by atoms with Crippen LogP contribution in [0, 0.1) is 0 Å². The van der Waals surface area contributed by atoms with Crippen LogP contribution in [0.25, 0.3) is 44.7 Å². The minimum atomic E-state index is 0.0667. The van der Waals surface area contributed by atoms with E-state index in [0.29, 0.717) is 12.1 Å². The Labute approximate surface area is 166 Å². The highest BCUT2D eigenvalue weighted by molar-refractivity contribution is 5.92. The summed E-state index contributed by atoms with van der Waals surface area (Å²) >= 11 is 0. The number of rotatable bonds is 5. The maximum absolute atomic E-state index is 9.03. The summed E-state index contributed by atoms with van der Waals surface area (Å²) in [5.74, 6) is 0.749. The van der Waals surface area contributed by atoms with Gasteiger partial charge in [0.1, 0.15) is 17.6 Å². The van der Waals surface area contributed by atoms with Gasteiger partial charge in [0.05, 0.1) is 19.3 Å². The zero-order valence-electron chi connectivity index (χ0n) is 15.4. The van der Waals surface area contributed by atoms with Gasteiger partial charge in [0.2, 0.25) is 0 Å². The zero-order valence-corrected chi connectivity index (χ0v) is 15.4. The molecule has 4 heterocycles. The number of aliphatic hydroxyl groups excluding tert-OH is 1. The highest BCUT2D eigenvalue weighted by Gasteiger charge is 2.13. The Bertz CT molecular complexity index is 1260. The fraction of sp³-hybridized carbons (Fsp3) is 0.0909. The zero-order chi connectivity index (χ0) is 19.6. The summed E-state index contributed by atoms with van der Waals surface area (Å²) in [6.45, 7) is 0.552. The third kappa shape index (κ3) is 3.28. The minimum absolute atomic E-state index is 0.0667. The van der Waals surface area contributed by atoms with Crippen LogP contribution in [0.2, 0.25) is 0 Å². The lowest BCUT2D eigenvalue weighted by molar-refractivity contribution is 0.269. The predicted molar refractivity (Wildman–Crippen MR) is 109 cm³/mol. The van der Waals surface area contributed by atoms with Crippen molar-refractivity contribution < 1.29 is 9.52 Å². The topological polar surface area (TPSA) is 89.9 Å². The normalized spacial score (nSPS) is 11.2. The van der Waals surface area contributed by atoms with Crippen LogP contribution < -0.4 is 0 Å². The number of benzene rings is 1. The summed E-state index contributed by atoms with van der Waals surface area (Å²) in [5, 5.41) is 13.3. The summed E-state index contributed by atoms with van der Waals surface area (Å²) in [6.07, 6.45) is 10.5. The lowest BCUT2D eigenvalue weighted by Gasteiger charge is -2.01. The van der Waals surface area contributed by atoms with Crippen LogP contribution in [0.4, 0.5) is 0 Å². The van der Waals surface area contributed by atoms with Crippen molar-refractivity contribution in [2.24, 2.45) is 0 Å². The molecule has 0 aliphatic heterocycles. The first-order valence-corrected chi connectivity index (χ1v) is 9.20. The van der Waals surface area contributed by atoms with Gasteiger partial charge in [0, 0.05) is 53.1 Å². The SMILES string of the molecule is OCCn1cc(-c2ccc(-c3cc4nccc(-c5cncnc5)c4o3)cc2)cn1. The van der Waals surface area contributed by atoms with Gasteiger partial charge in [-0.1, -0.05) is 24.3 Å². The molecule has 0 fully saturated rings. The molecular weight excluding hydrogens is 366 g/mol. The monoisotopic (exact) mass is 383 g/mol. The Morgan fingerprint density at radius 3 is 2.48 bits per heavy atom. The fourth-order valence-corrected chi connectivity index (χ4v) is 3.31. The molecule has 0 spiro atoms. The Morgan fingerprint density at radius 2 is 1.69 bits per heavy atom. The van der Waals surface area contributed by atoms with Crippen molar-refractivity contribution in [3.05, 3.63) is 73.7 Å². The Balaban J connectivity index is 1.49. The van der Waals surface area contributed by atoms with E-state index in [1.807, 2.05) is 42.6 Å². The number of aliphatic hydroxyl groups is 1. The molecule has 0 aliphatic carbocycles. The van der Waals surface area contributed by atoms with Crippen molar-refractivity contribution in [3.8, 4) is 33.6 Å². The first-order valence-electron chi connectivity index (χ1n) is 9.20. The molecule has 0 saturated carbocycles. The van der Waals surface area contributed by atoms with Gasteiger partial charge in [-0.15, -0.1) is 0 Å². The van der Waals surface area contributed by atoms with Crippen molar-refractivity contribution >= 4 is 11.1 Å². The molecule has 5 rings (SSSR count). The van der Waals surface area contributed by atoms with Gasteiger partial charge < -0.3 is 9.52 Å². The maximum atomic E-state index is 9.03. The second-order valence-corrected chi connectivity index (χ2v) is 6.60. The number of furan rings is 1. The molecule has 0 bridgehead atoms. The molecule has 0 atom stereocenters. The Kier molecular flexibility index (Phi) is 4.34. The molecule has 7 nitrogen and oxygen atoms in total. The van der Waals surface area contributed by atoms with Gasteiger partial charge in [-0.3, -0.25) is 9.67 Å². The van der Waals surface area contributed by atoms with Gasteiger partial charge in [-0.05, 0) is 11.6 Å². The average molecular weight is 383 g/mol. The van der Waals surface area contributed by atoms with Crippen molar-refractivity contribution in [1.82, 2.24) is 24.7 Å². The van der Waals surface area contributed by atoms with Crippen molar-refractivity contribution in [3.63, 3.8) is 0 Å². The number of pyridine rings is 1. The molecule has 0 amide bonds. The van der Waals surface area contributed by atoms with Crippen LogP contribution >= 0.6 is 0 Å². The van der Waals surface area contributed by atoms with Crippen LogP contribution in [0.3, 0.4) is 0 Å². The van der Waals surface area contributed by atoms with Crippen molar-refractivity contribution in [2.75, 3.05) is 6.61 Å². The van der Waals surface area contributed by atoms with E-state index < -0.39 is 0 Å². The standard InChI is InChI=1S/C22H17N5O2/c28-8-7-27-13-18(12-26-27)15-1-3-16(4-2-15)21-9-20-22(29-21)19(5-6-25-20)17-10-23-14-24-11-17/h1-6,9-14,28H,7-8H2. The number of hydrogen-bond acceptors (Lipinski definition) is 6. The van der Waals surface area contributed by atoms with Gasteiger partial charge in [-0.2, -0.15) is 5.10 Å². The predicted octanol–water partition coefficient (Wildman–Crippen LogP) is 3.81. The molecule has 0 saturated heterocycles. The smallest absolute Gasteiger partial charge is 0.161 e. The second kappa shape index (κ2) is 7.29. The van der Waals surface area contributed by atoms with Gasteiger partial charge in [-0.25, -0.2) is 9.97 Å². The lowest BCUT2D eigenvalue weighted by Crippen LogP contribution is -2.01. The van der Waals surface area contributed by atoms with E-state index in [4.69, 9.17) is 9.52 Å². The summed E-state index contributed by atoms with van der Waals surface area (Å²) < 4.78 is 7.88. The van der Waals surface area contributed by atoms with Gasteiger partial charge >= 0.3 is 0 Å². The van der Waals surface area contributed by atoms with Crippen LogP contribution in [-0.2, 0) is 6.54 Å². The Morgan fingerprint density at radius 1 is 0.897 bits per heavy atom. The molecule has 0 unspecified atom stereocenters. The second-order valence-electron chi connectivity index (χ2n) is 6.60. The van der Waals surface area contributed by atoms with Crippen LogP contribution in [0.1, 0.15) is 0 Å². The largest absolute Gasteiger partial charge is 0.454 e. The third-order valence-electron chi connectivity index (χ3n) is 4.75. The number of nitrogens with zero attached hydrogens (tertiary/aromatic N) is 5. The molecule has 4 aromatic heterocycles. The summed E-state index contributed by atoms with van der Waals surface area (Å²) in [4.78, 5) is 12.6. The minimum Gasteiger partial charge on any atom is -0.454 e. The molecule has 1 N–H and O–H groups in total. The molecule has 7 heteroatoms. The van der Waals surface area contributed by atoms with Crippen LogP contribution in [0.15, 0.2) is 78.1 Å². The first kappa shape index (κ1) is 17.3. The quantitative estimate of drug-likeness (QED) is 0.496. The van der Waals surface area contributed by atoms with Crippen molar-refractivity contribution in [2.45, 2.75) is 6.54 Å². The fourth-order valence-electron chi connectivity index (χ4n) is 3.31. The van der Waals surface area contributed by atoms with E-state index in [0.717, 1.165) is 39.1 Å². The van der Waals surface area contributed by atoms with E-state index in [-0.39, 0.29) is 6.61 Å². The van der Waals surface area contributed by atoms with E-state index in [1.165, 1.54) is 6.33 Å². The highest BCUT2D eigenvalue weighted by atomic mass is 16.3. The molecular formula is C22H17N5O2. The molecule has 1 aromatic carbocycles. The third-order valence-corrected chi connectivity index (χ3v) is 4.75.